The summed E-state index contributed by atoms with van der Waals surface area (Å²) in [5.74, 6) is 0.0687. The number of pyridine rings is 1. The second kappa shape index (κ2) is 8.44. The van der Waals surface area contributed by atoms with Gasteiger partial charge in [-0.3, -0.25) is 14.0 Å². The molecule has 0 bridgehead atoms. The number of hydrogen-bond donors (Lipinski definition) is 1. The number of nitrogens with one attached hydrogen (secondary N) is 1. The molecule has 3 aromatic rings. The third-order valence-corrected chi connectivity index (χ3v) is 5.74. The molecule has 2 aromatic heterocycles. The van der Waals surface area contributed by atoms with Crippen molar-refractivity contribution in [3.8, 4) is 0 Å². The molecule has 0 saturated carbocycles. The van der Waals surface area contributed by atoms with Crippen LogP contribution in [-0.2, 0) is 9.59 Å². The van der Waals surface area contributed by atoms with Crippen LogP contribution in [-0.4, -0.2) is 33.0 Å². The molecule has 0 spiro atoms. The molecule has 8 heteroatoms. The number of aryl methyl sites for hydroxylation is 1. The maximum Gasteiger partial charge on any atom is 0.227 e. The van der Waals surface area contributed by atoms with Gasteiger partial charge >= 0.3 is 0 Å². The molecule has 0 aliphatic carbocycles. The standard InChI is InChI=1S/C22H24ClN5O2/c1-3-6-17(21-26-25-19-7-4-5-10-27(19)21)24-22(30)15-11-20(29)28(13-15)18-12-16(23)9-8-14(18)2/h4-5,7-10,12,15,17H,3,6,11,13H2,1-2H3,(H,24,30). The Labute approximate surface area is 180 Å². The number of carbonyl (C=O) groups excluding carboxylic acids is 2. The Kier molecular flexibility index (Phi) is 5.72. The lowest BCUT2D eigenvalue weighted by Gasteiger charge is -2.21. The Balaban J connectivity index is 1.52. The number of amides is 2. The van der Waals surface area contributed by atoms with Crippen LogP contribution in [0, 0.1) is 12.8 Å². The lowest BCUT2D eigenvalue weighted by Crippen LogP contribution is -2.36. The number of anilines is 1. The van der Waals surface area contributed by atoms with Gasteiger partial charge in [0.2, 0.25) is 11.8 Å². The van der Waals surface area contributed by atoms with Crippen molar-refractivity contribution in [2.24, 2.45) is 5.92 Å². The third kappa shape index (κ3) is 3.89. The second-order valence-corrected chi connectivity index (χ2v) is 8.11. The molecule has 1 saturated heterocycles. The zero-order valence-electron chi connectivity index (χ0n) is 17.0. The summed E-state index contributed by atoms with van der Waals surface area (Å²) < 4.78 is 1.89. The second-order valence-electron chi connectivity index (χ2n) is 7.67. The van der Waals surface area contributed by atoms with Crippen molar-refractivity contribution in [3.63, 3.8) is 0 Å². The summed E-state index contributed by atoms with van der Waals surface area (Å²) in [5, 5.41) is 12.2. The van der Waals surface area contributed by atoms with Crippen molar-refractivity contribution in [2.75, 3.05) is 11.4 Å². The van der Waals surface area contributed by atoms with E-state index in [0.29, 0.717) is 17.4 Å². The smallest absolute Gasteiger partial charge is 0.227 e. The van der Waals surface area contributed by atoms with Gasteiger partial charge in [-0.05, 0) is 43.2 Å². The van der Waals surface area contributed by atoms with E-state index in [-0.39, 0.29) is 24.3 Å². The minimum atomic E-state index is -0.422. The van der Waals surface area contributed by atoms with Crippen molar-refractivity contribution in [1.82, 2.24) is 19.9 Å². The van der Waals surface area contributed by atoms with Crippen LogP contribution >= 0.6 is 11.6 Å². The van der Waals surface area contributed by atoms with E-state index in [1.165, 1.54) is 0 Å². The highest BCUT2D eigenvalue weighted by atomic mass is 35.5. The number of fused-ring (bicyclic) bond motifs is 1. The Morgan fingerprint density at radius 3 is 2.93 bits per heavy atom. The number of rotatable bonds is 6. The van der Waals surface area contributed by atoms with E-state index in [2.05, 4.69) is 22.4 Å². The number of halogens is 1. The molecule has 0 radical (unpaired) electrons. The van der Waals surface area contributed by atoms with Gasteiger partial charge in [0, 0.05) is 29.9 Å². The molecule has 1 aromatic carbocycles. The minimum absolute atomic E-state index is 0.0690. The molecule has 1 fully saturated rings. The van der Waals surface area contributed by atoms with Crippen LogP contribution < -0.4 is 10.2 Å². The van der Waals surface area contributed by atoms with E-state index in [9.17, 15) is 9.59 Å². The van der Waals surface area contributed by atoms with Crippen LogP contribution in [0.3, 0.4) is 0 Å². The lowest BCUT2D eigenvalue weighted by molar-refractivity contribution is -0.127. The molecule has 30 heavy (non-hydrogen) atoms. The Bertz CT molecular complexity index is 1100. The maximum absolute atomic E-state index is 13.1. The molecule has 2 atom stereocenters. The van der Waals surface area contributed by atoms with Crippen LogP contribution in [0.4, 0.5) is 5.69 Å². The molecule has 1 aliphatic rings. The first-order valence-corrected chi connectivity index (χ1v) is 10.5. The molecule has 4 rings (SSSR count). The summed E-state index contributed by atoms with van der Waals surface area (Å²) in [7, 11) is 0. The number of aromatic nitrogens is 3. The molecule has 2 amide bonds. The summed E-state index contributed by atoms with van der Waals surface area (Å²) in [4.78, 5) is 27.4. The van der Waals surface area contributed by atoms with Gasteiger partial charge in [0.05, 0.1) is 12.0 Å². The molecule has 7 nitrogen and oxygen atoms in total. The Morgan fingerprint density at radius 2 is 2.13 bits per heavy atom. The quantitative estimate of drug-likeness (QED) is 0.653. The highest BCUT2D eigenvalue weighted by Crippen LogP contribution is 2.31. The molecule has 1 N–H and O–H groups in total. The average Bonchev–Trinajstić information content (AvgIpc) is 3.33. The summed E-state index contributed by atoms with van der Waals surface area (Å²) in [6, 6.07) is 10.9. The van der Waals surface area contributed by atoms with E-state index in [4.69, 9.17) is 11.6 Å². The SMILES string of the molecule is CCCC(NC(=O)C1CC(=O)N(c2cc(Cl)ccc2C)C1)c1nnc2ccccn12. The van der Waals surface area contributed by atoms with Crippen molar-refractivity contribution in [1.29, 1.82) is 0 Å². The fourth-order valence-electron chi connectivity index (χ4n) is 3.93. The van der Waals surface area contributed by atoms with Crippen molar-refractivity contribution in [3.05, 3.63) is 59.0 Å². The van der Waals surface area contributed by atoms with E-state index in [0.717, 1.165) is 29.7 Å². The van der Waals surface area contributed by atoms with E-state index >= 15 is 0 Å². The van der Waals surface area contributed by atoms with E-state index < -0.39 is 5.92 Å². The number of nitrogens with zero attached hydrogens (tertiary/aromatic N) is 4. The summed E-state index contributed by atoms with van der Waals surface area (Å²) in [6.45, 7) is 4.33. The average molecular weight is 426 g/mol. The molecule has 3 heterocycles. The zero-order chi connectivity index (χ0) is 21.3. The predicted molar refractivity (Wildman–Crippen MR) is 115 cm³/mol. The van der Waals surface area contributed by atoms with Gasteiger partial charge in [0.25, 0.3) is 0 Å². The largest absolute Gasteiger partial charge is 0.346 e. The molecule has 156 valence electrons. The van der Waals surface area contributed by atoms with Gasteiger partial charge in [-0.2, -0.15) is 0 Å². The lowest BCUT2D eigenvalue weighted by atomic mass is 10.1. The van der Waals surface area contributed by atoms with E-state index in [1.807, 2.05) is 41.8 Å². The Morgan fingerprint density at radius 1 is 1.30 bits per heavy atom. The molecular weight excluding hydrogens is 402 g/mol. The molecule has 1 aliphatic heterocycles. The number of benzene rings is 1. The minimum Gasteiger partial charge on any atom is -0.346 e. The first-order chi connectivity index (χ1) is 14.5. The van der Waals surface area contributed by atoms with Crippen molar-refractivity contribution >= 4 is 34.7 Å². The number of hydrogen-bond acceptors (Lipinski definition) is 4. The first-order valence-electron chi connectivity index (χ1n) is 10.1. The highest BCUT2D eigenvalue weighted by Gasteiger charge is 2.36. The zero-order valence-corrected chi connectivity index (χ0v) is 17.8. The van der Waals surface area contributed by atoms with Gasteiger partial charge in [-0.25, -0.2) is 0 Å². The van der Waals surface area contributed by atoms with Gasteiger partial charge in [-0.1, -0.05) is 37.1 Å². The van der Waals surface area contributed by atoms with Gasteiger partial charge < -0.3 is 10.2 Å². The van der Waals surface area contributed by atoms with Gasteiger partial charge in [0.15, 0.2) is 11.5 Å². The van der Waals surface area contributed by atoms with Crippen molar-refractivity contribution in [2.45, 2.75) is 39.2 Å². The monoisotopic (exact) mass is 425 g/mol. The van der Waals surface area contributed by atoms with E-state index in [1.54, 1.807) is 17.0 Å². The summed E-state index contributed by atoms with van der Waals surface area (Å²) in [5.41, 5.74) is 2.45. The fraction of sp³-hybridized carbons (Fsp3) is 0.364. The summed E-state index contributed by atoms with van der Waals surface area (Å²) >= 11 is 6.12. The van der Waals surface area contributed by atoms with Crippen LogP contribution in [0.25, 0.3) is 5.65 Å². The maximum atomic E-state index is 13.1. The van der Waals surface area contributed by atoms with Gasteiger partial charge in [-0.15, -0.1) is 10.2 Å². The molecule has 2 unspecified atom stereocenters. The van der Waals surface area contributed by atoms with Crippen LogP contribution in [0.5, 0.6) is 0 Å². The van der Waals surface area contributed by atoms with Crippen LogP contribution in [0.1, 0.15) is 43.6 Å². The normalized spacial score (nSPS) is 17.5. The Hall–Kier alpha value is -2.93. The van der Waals surface area contributed by atoms with Crippen LogP contribution in [0.2, 0.25) is 5.02 Å². The highest BCUT2D eigenvalue weighted by molar-refractivity contribution is 6.31. The summed E-state index contributed by atoms with van der Waals surface area (Å²) in [6.07, 6.45) is 3.68. The first kappa shape index (κ1) is 20.3. The predicted octanol–water partition coefficient (Wildman–Crippen LogP) is 3.70. The third-order valence-electron chi connectivity index (χ3n) is 5.50. The number of carbonyl (C=O) groups is 2. The molecular formula is C22H24ClN5O2. The van der Waals surface area contributed by atoms with Crippen LogP contribution in [0.15, 0.2) is 42.6 Å². The topological polar surface area (TPSA) is 79.6 Å². The van der Waals surface area contributed by atoms with Gasteiger partial charge in [0.1, 0.15) is 0 Å². The van der Waals surface area contributed by atoms with Crippen molar-refractivity contribution < 1.29 is 9.59 Å². The fourth-order valence-corrected chi connectivity index (χ4v) is 4.10.